The molecule has 3 nitrogen and oxygen atoms in total. The van der Waals surface area contributed by atoms with Crippen molar-refractivity contribution in [3.05, 3.63) is 23.0 Å². The van der Waals surface area contributed by atoms with Crippen LogP contribution in [0.15, 0.2) is 12.1 Å². The third-order valence-electron chi connectivity index (χ3n) is 4.66. The van der Waals surface area contributed by atoms with Crippen LogP contribution in [0, 0.1) is 5.82 Å². The maximum Gasteiger partial charge on any atom is 0.226 e. The van der Waals surface area contributed by atoms with Crippen LogP contribution in [0.3, 0.4) is 0 Å². The topological polar surface area (TPSA) is 32.3 Å². The Kier molecular flexibility index (Phi) is 3.36. The minimum atomic E-state index is -0.501. The summed E-state index contributed by atoms with van der Waals surface area (Å²) in [4.78, 5) is 14.3. The monoisotopic (exact) mass is 296 g/mol. The molecule has 3 rings (SSSR count). The van der Waals surface area contributed by atoms with Crippen LogP contribution in [0.5, 0.6) is 0 Å². The fourth-order valence-corrected chi connectivity index (χ4v) is 3.66. The summed E-state index contributed by atoms with van der Waals surface area (Å²) in [6.07, 6.45) is 5.91. The molecule has 108 valence electrons. The summed E-state index contributed by atoms with van der Waals surface area (Å²) in [5, 5.41) is 2.91. The number of benzene rings is 1. The third kappa shape index (κ3) is 2.16. The molecule has 0 radical (unpaired) electrons. The first-order valence-electron chi connectivity index (χ1n) is 7.05. The van der Waals surface area contributed by atoms with Crippen molar-refractivity contribution in [1.29, 1.82) is 0 Å². The fourth-order valence-electron chi connectivity index (χ4n) is 3.50. The highest BCUT2D eigenvalue weighted by Crippen LogP contribution is 2.44. The van der Waals surface area contributed by atoms with Crippen molar-refractivity contribution in [3.8, 4) is 0 Å². The number of amides is 1. The summed E-state index contributed by atoms with van der Waals surface area (Å²) in [5.41, 5.74) is 1.17. The van der Waals surface area contributed by atoms with E-state index in [4.69, 9.17) is 11.6 Å². The van der Waals surface area contributed by atoms with Gasteiger partial charge in [0.05, 0.1) is 22.8 Å². The Balaban J connectivity index is 2.10. The van der Waals surface area contributed by atoms with Crippen LogP contribution in [0.25, 0.3) is 0 Å². The Morgan fingerprint density at radius 2 is 2.00 bits per heavy atom. The molecule has 5 heteroatoms. The molecule has 1 spiro atoms. The highest BCUT2D eigenvalue weighted by Gasteiger charge is 2.41. The van der Waals surface area contributed by atoms with Crippen molar-refractivity contribution in [2.45, 2.75) is 44.1 Å². The van der Waals surface area contributed by atoms with Gasteiger partial charge in [0.15, 0.2) is 0 Å². The molecule has 0 saturated heterocycles. The molecule has 1 saturated carbocycles. The van der Waals surface area contributed by atoms with Crippen molar-refractivity contribution in [2.75, 3.05) is 17.3 Å². The van der Waals surface area contributed by atoms with E-state index in [9.17, 15) is 9.18 Å². The predicted molar refractivity (Wildman–Crippen MR) is 78.9 cm³/mol. The first-order valence-corrected chi connectivity index (χ1v) is 7.42. The standard InChI is InChI=1S/C15H18ClFN2O/c1-19-13-7-10(16)11(17)8-12(13)18-14(20)9-15(19)5-3-2-4-6-15/h7-8H,2-6,9H2,1H3,(H,18,20). The number of hydrogen-bond donors (Lipinski definition) is 1. The van der Waals surface area contributed by atoms with Crippen LogP contribution in [-0.4, -0.2) is 18.5 Å². The lowest BCUT2D eigenvalue weighted by Gasteiger charge is -2.44. The van der Waals surface area contributed by atoms with Gasteiger partial charge in [0.25, 0.3) is 0 Å². The van der Waals surface area contributed by atoms with Gasteiger partial charge in [-0.05, 0) is 18.9 Å². The number of nitrogens with one attached hydrogen (secondary N) is 1. The second-order valence-electron chi connectivity index (χ2n) is 5.85. The average Bonchev–Trinajstić information content (AvgIpc) is 2.50. The van der Waals surface area contributed by atoms with Crippen molar-refractivity contribution >= 4 is 28.9 Å². The molecule has 0 aromatic heterocycles. The van der Waals surface area contributed by atoms with E-state index >= 15 is 0 Å². The zero-order chi connectivity index (χ0) is 14.3. The van der Waals surface area contributed by atoms with Gasteiger partial charge in [-0.15, -0.1) is 0 Å². The summed E-state index contributed by atoms with van der Waals surface area (Å²) < 4.78 is 13.6. The first-order chi connectivity index (χ1) is 9.52. The fraction of sp³-hybridized carbons (Fsp3) is 0.533. The molecule has 1 N–H and O–H groups in total. The quantitative estimate of drug-likeness (QED) is 0.786. The van der Waals surface area contributed by atoms with E-state index in [2.05, 4.69) is 10.2 Å². The molecule has 0 bridgehead atoms. The number of rotatable bonds is 0. The molecule has 1 heterocycles. The highest BCUT2D eigenvalue weighted by atomic mass is 35.5. The van der Waals surface area contributed by atoms with Gasteiger partial charge >= 0.3 is 0 Å². The van der Waals surface area contributed by atoms with Gasteiger partial charge in [-0.3, -0.25) is 4.79 Å². The maximum absolute atomic E-state index is 13.6. The minimum Gasteiger partial charge on any atom is -0.367 e. The average molecular weight is 297 g/mol. The number of hydrogen-bond acceptors (Lipinski definition) is 2. The van der Waals surface area contributed by atoms with E-state index in [1.165, 1.54) is 12.5 Å². The zero-order valence-corrected chi connectivity index (χ0v) is 12.3. The molecule has 1 aliphatic heterocycles. The van der Waals surface area contributed by atoms with Crippen molar-refractivity contribution < 1.29 is 9.18 Å². The van der Waals surface area contributed by atoms with E-state index in [0.29, 0.717) is 12.1 Å². The Hall–Kier alpha value is -1.29. The third-order valence-corrected chi connectivity index (χ3v) is 4.95. The second-order valence-corrected chi connectivity index (χ2v) is 6.26. The Morgan fingerprint density at radius 3 is 2.70 bits per heavy atom. The number of carbonyl (C=O) groups excluding carboxylic acids is 1. The largest absolute Gasteiger partial charge is 0.367 e. The molecule has 1 amide bonds. The highest BCUT2D eigenvalue weighted by molar-refractivity contribution is 6.31. The van der Waals surface area contributed by atoms with Crippen LogP contribution >= 0.6 is 11.6 Å². The molecule has 0 atom stereocenters. The molecule has 1 fully saturated rings. The molecular formula is C15H18ClFN2O. The predicted octanol–water partition coefficient (Wildman–Crippen LogP) is 3.96. The van der Waals surface area contributed by atoms with Crippen LogP contribution in [-0.2, 0) is 4.79 Å². The zero-order valence-electron chi connectivity index (χ0n) is 11.5. The van der Waals surface area contributed by atoms with Crippen LogP contribution in [0.1, 0.15) is 38.5 Å². The number of halogens is 2. The number of anilines is 2. The molecule has 0 unspecified atom stereocenters. The van der Waals surface area contributed by atoms with Crippen molar-refractivity contribution in [2.24, 2.45) is 0 Å². The van der Waals surface area contributed by atoms with E-state index in [1.807, 2.05) is 7.05 Å². The van der Waals surface area contributed by atoms with Gasteiger partial charge in [0.1, 0.15) is 5.82 Å². The van der Waals surface area contributed by atoms with Crippen molar-refractivity contribution in [1.82, 2.24) is 0 Å². The number of carbonyl (C=O) groups is 1. The Morgan fingerprint density at radius 1 is 1.30 bits per heavy atom. The smallest absolute Gasteiger partial charge is 0.226 e. The van der Waals surface area contributed by atoms with Crippen LogP contribution < -0.4 is 10.2 Å². The Labute approximate surface area is 123 Å². The molecule has 1 aromatic rings. The van der Waals surface area contributed by atoms with Gasteiger partial charge in [-0.25, -0.2) is 4.39 Å². The summed E-state index contributed by atoms with van der Waals surface area (Å²) >= 11 is 5.91. The molecular weight excluding hydrogens is 279 g/mol. The normalized spacial score (nSPS) is 21.4. The number of nitrogens with zero attached hydrogens (tertiary/aromatic N) is 1. The van der Waals surface area contributed by atoms with Gasteiger partial charge in [0, 0.05) is 18.7 Å². The summed E-state index contributed by atoms with van der Waals surface area (Å²) in [7, 11) is 1.98. The van der Waals surface area contributed by atoms with Crippen LogP contribution in [0.2, 0.25) is 5.02 Å². The van der Waals surface area contributed by atoms with Gasteiger partial charge < -0.3 is 10.2 Å². The maximum atomic E-state index is 13.6. The van der Waals surface area contributed by atoms with E-state index in [1.54, 1.807) is 6.07 Å². The molecule has 20 heavy (non-hydrogen) atoms. The minimum absolute atomic E-state index is 0.0424. The van der Waals surface area contributed by atoms with Gasteiger partial charge in [-0.1, -0.05) is 30.9 Å². The summed E-state index contributed by atoms with van der Waals surface area (Å²) in [6.45, 7) is 0. The SMILES string of the molecule is CN1c2cc(Cl)c(F)cc2NC(=O)CC12CCCCC2. The lowest BCUT2D eigenvalue weighted by atomic mass is 9.78. The molecule has 2 aliphatic rings. The summed E-state index contributed by atoms with van der Waals surface area (Å²) in [5.74, 6) is -0.544. The lowest BCUT2D eigenvalue weighted by Crippen LogP contribution is -2.49. The van der Waals surface area contributed by atoms with Gasteiger partial charge in [0.2, 0.25) is 5.91 Å². The Bertz CT molecular complexity index is 555. The van der Waals surface area contributed by atoms with Crippen LogP contribution in [0.4, 0.5) is 15.8 Å². The van der Waals surface area contributed by atoms with Gasteiger partial charge in [-0.2, -0.15) is 0 Å². The number of fused-ring (bicyclic) bond motifs is 1. The lowest BCUT2D eigenvalue weighted by molar-refractivity contribution is -0.117. The summed E-state index contributed by atoms with van der Waals surface area (Å²) in [6, 6.07) is 2.93. The molecule has 1 aromatic carbocycles. The molecule has 1 aliphatic carbocycles. The second kappa shape index (κ2) is 4.92. The van der Waals surface area contributed by atoms with E-state index < -0.39 is 5.82 Å². The van der Waals surface area contributed by atoms with E-state index in [0.717, 1.165) is 31.4 Å². The van der Waals surface area contributed by atoms with E-state index in [-0.39, 0.29) is 16.5 Å². The first kappa shape index (κ1) is 13.7. The van der Waals surface area contributed by atoms with Crippen molar-refractivity contribution in [3.63, 3.8) is 0 Å².